The Balaban J connectivity index is 1.86. The average Bonchev–Trinajstić information content (AvgIpc) is 2.51. The van der Waals surface area contributed by atoms with E-state index in [1.54, 1.807) is 36.5 Å². The summed E-state index contributed by atoms with van der Waals surface area (Å²) in [4.78, 5) is 32.2. The third kappa shape index (κ3) is 2.89. The Bertz CT molecular complexity index is 895. The SMILES string of the molecule is O=C(Nc1ccccn1)Nc1cnc2ccc(Cl)cn2c1=O. The van der Waals surface area contributed by atoms with Gasteiger partial charge in [-0.3, -0.25) is 14.5 Å². The summed E-state index contributed by atoms with van der Waals surface area (Å²) in [6.45, 7) is 0. The molecule has 3 aromatic rings. The van der Waals surface area contributed by atoms with Crippen LogP contribution in [0.5, 0.6) is 0 Å². The van der Waals surface area contributed by atoms with Crippen molar-refractivity contribution in [2.75, 3.05) is 10.6 Å². The van der Waals surface area contributed by atoms with Crippen LogP contribution < -0.4 is 16.2 Å². The van der Waals surface area contributed by atoms with Crippen molar-refractivity contribution in [1.82, 2.24) is 14.4 Å². The maximum atomic E-state index is 12.3. The van der Waals surface area contributed by atoms with E-state index in [-0.39, 0.29) is 5.69 Å². The molecule has 0 aliphatic carbocycles. The lowest BCUT2D eigenvalue weighted by atomic mass is 10.4. The number of nitrogens with zero attached hydrogens (tertiary/aromatic N) is 3. The van der Waals surface area contributed by atoms with Crippen LogP contribution in [0.3, 0.4) is 0 Å². The monoisotopic (exact) mass is 315 g/mol. The highest BCUT2D eigenvalue weighted by molar-refractivity contribution is 6.30. The minimum atomic E-state index is -0.584. The number of hydrogen-bond donors (Lipinski definition) is 2. The fourth-order valence-electron chi connectivity index (χ4n) is 1.84. The van der Waals surface area contributed by atoms with E-state index in [2.05, 4.69) is 20.6 Å². The predicted octanol–water partition coefficient (Wildman–Crippen LogP) is 2.39. The molecule has 110 valence electrons. The molecule has 0 bridgehead atoms. The van der Waals surface area contributed by atoms with Gasteiger partial charge < -0.3 is 5.32 Å². The van der Waals surface area contributed by atoms with Gasteiger partial charge in [-0.1, -0.05) is 17.7 Å². The second-order valence-electron chi connectivity index (χ2n) is 4.35. The first-order chi connectivity index (χ1) is 10.6. The first-order valence-corrected chi connectivity index (χ1v) is 6.67. The average molecular weight is 316 g/mol. The van der Waals surface area contributed by atoms with E-state index in [4.69, 9.17) is 11.6 Å². The lowest BCUT2D eigenvalue weighted by Gasteiger charge is -2.07. The van der Waals surface area contributed by atoms with Crippen LogP contribution in [0.4, 0.5) is 16.3 Å². The molecule has 0 aliphatic heterocycles. The molecule has 0 fully saturated rings. The molecule has 2 amide bonds. The van der Waals surface area contributed by atoms with Crippen molar-refractivity contribution in [2.24, 2.45) is 0 Å². The van der Waals surface area contributed by atoms with Crippen LogP contribution in [0.1, 0.15) is 0 Å². The zero-order valence-corrected chi connectivity index (χ0v) is 11.9. The summed E-state index contributed by atoms with van der Waals surface area (Å²) >= 11 is 5.86. The number of amides is 2. The molecule has 0 atom stereocenters. The zero-order valence-electron chi connectivity index (χ0n) is 11.2. The number of hydrogen-bond acceptors (Lipinski definition) is 4. The maximum absolute atomic E-state index is 12.3. The van der Waals surface area contributed by atoms with Crippen molar-refractivity contribution < 1.29 is 4.79 Å². The smallest absolute Gasteiger partial charge is 0.302 e. The van der Waals surface area contributed by atoms with Gasteiger partial charge in [0.2, 0.25) is 0 Å². The highest BCUT2D eigenvalue weighted by Crippen LogP contribution is 2.09. The zero-order chi connectivity index (χ0) is 15.5. The summed E-state index contributed by atoms with van der Waals surface area (Å²) in [5.41, 5.74) is 0.0435. The largest absolute Gasteiger partial charge is 0.325 e. The van der Waals surface area contributed by atoms with Crippen molar-refractivity contribution in [2.45, 2.75) is 0 Å². The van der Waals surface area contributed by atoms with Crippen molar-refractivity contribution in [3.05, 3.63) is 64.3 Å². The number of rotatable bonds is 2. The van der Waals surface area contributed by atoms with Gasteiger partial charge in [-0.25, -0.2) is 14.8 Å². The second kappa shape index (κ2) is 5.82. The third-order valence-electron chi connectivity index (χ3n) is 2.82. The summed E-state index contributed by atoms with van der Waals surface area (Å²) in [7, 11) is 0. The van der Waals surface area contributed by atoms with Gasteiger partial charge in [0.05, 0.1) is 11.2 Å². The molecule has 0 spiro atoms. The molecule has 2 N–H and O–H groups in total. The Morgan fingerprint density at radius 1 is 1.14 bits per heavy atom. The number of nitrogens with one attached hydrogen (secondary N) is 2. The van der Waals surface area contributed by atoms with Gasteiger partial charge in [-0.15, -0.1) is 0 Å². The number of anilines is 2. The first-order valence-electron chi connectivity index (χ1n) is 6.29. The molecule has 3 aromatic heterocycles. The molecule has 22 heavy (non-hydrogen) atoms. The number of aromatic nitrogens is 3. The summed E-state index contributed by atoms with van der Waals surface area (Å²) in [6.07, 6.45) is 4.28. The van der Waals surface area contributed by atoms with Crippen LogP contribution in [0.15, 0.2) is 53.7 Å². The first kappa shape index (κ1) is 14.0. The van der Waals surface area contributed by atoms with E-state index in [1.165, 1.54) is 16.8 Å². The summed E-state index contributed by atoms with van der Waals surface area (Å²) in [5, 5.41) is 5.35. The van der Waals surface area contributed by atoms with Gasteiger partial charge in [0.1, 0.15) is 17.2 Å². The molecule has 8 heteroatoms. The second-order valence-corrected chi connectivity index (χ2v) is 4.78. The van der Waals surface area contributed by atoms with Gasteiger partial charge in [-0.2, -0.15) is 0 Å². The van der Waals surface area contributed by atoms with Crippen LogP contribution in [-0.2, 0) is 0 Å². The van der Waals surface area contributed by atoms with Crippen molar-refractivity contribution >= 4 is 34.8 Å². The van der Waals surface area contributed by atoms with Crippen molar-refractivity contribution in [3.63, 3.8) is 0 Å². The molecule has 0 radical (unpaired) electrons. The Hall–Kier alpha value is -2.93. The Morgan fingerprint density at radius 3 is 2.77 bits per heavy atom. The van der Waals surface area contributed by atoms with Crippen LogP contribution in [0, 0.1) is 0 Å². The molecule has 3 heterocycles. The van der Waals surface area contributed by atoms with Crippen molar-refractivity contribution in [1.29, 1.82) is 0 Å². The quantitative estimate of drug-likeness (QED) is 0.760. The number of urea groups is 1. The molecule has 0 aliphatic rings. The van der Waals surface area contributed by atoms with Crippen molar-refractivity contribution in [3.8, 4) is 0 Å². The number of halogens is 1. The molecule has 0 aromatic carbocycles. The molecule has 0 unspecified atom stereocenters. The molecule has 0 saturated heterocycles. The summed E-state index contributed by atoms with van der Waals surface area (Å²) in [5.74, 6) is 0.372. The van der Waals surface area contributed by atoms with E-state index in [0.29, 0.717) is 16.5 Å². The van der Waals surface area contributed by atoms with Gasteiger partial charge in [0.15, 0.2) is 0 Å². The highest BCUT2D eigenvalue weighted by atomic mass is 35.5. The Labute approximate surface area is 129 Å². The molecular formula is C14H10ClN5O2. The van der Waals surface area contributed by atoms with Crippen LogP contribution in [0.2, 0.25) is 5.02 Å². The molecule has 7 nitrogen and oxygen atoms in total. The van der Waals surface area contributed by atoms with E-state index < -0.39 is 11.6 Å². The van der Waals surface area contributed by atoms with Crippen LogP contribution >= 0.6 is 11.6 Å². The van der Waals surface area contributed by atoms with Gasteiger partial charge in [0, 0.05) is 12.4 Å². The lowest BCUT2D eigenvalue weighted by molar-refractivity contribution is 0.262. The standard InChI is InChI=1S/C14H10ClN5O2/c15-9-4-5-12-17-7-10(13(21)20(12)8-9)18-14(22)19-11-3-1-2-6-16-11/h1-8H,(H2,16,18,19,22). The molecule has 3 rings (SSSR count). The normalized spacial score (nSPS) is 10.4. The summed E-state index contributed by atoms with van der Waals surface area (Å²) < 4.78 is 1.26. The van der Waals surface area contributed by atoms with E-state index in [1.807, 2.05) is 0 Å². The van der Waals surface area contributed by atoms with E-state index >= 15 is 0 Å². The minimum absolute atomic E-state index is 0.0354. The number of fused-ring (bicyclic) bond motifs is 1. The Morgan fingerprint density at radius 2 is 2.00 bits per heavy atom. The number of carbonyl (C=O) groups excluding carboxylic acids is 1. The van der Waals surface area contributed by atoms with E-state index in [9.17, 15) is 9.59 Å². The maximum Gasteiger partial charge on any atom is 0.325 e. The van der Waals surface area contributed by atoms with Crippen LogP contribution in [0.25, 0.3) is 5.65 Å². The van der Waals surface area contributed by atoms with Gasteiger partial charge >= 0.3 is 6.03 Å². The lowest BCUT2D eigenvalue weighted by Crippen LogP contribution is -2.26. The van der Waals surface area contributed by atoms with E-state index in [0.717, 1.165) is 0 Å². The topological polar surface area (TPSA) is 88.4 Å². The fourth-order valence-corrected chi connectivity index (χ4v) is 2.00. The predicted molar refractivity (Wildman–Crippen MR) is 83.4 cm³/mol. The third-order valence-corrected chi connectivity index (χ3v) is 3.04. The summed E-state index contributed by atoms with van der Waals surface area (Å²) in [6, 6.07) is 7.75. The minimum Gasteiger partial charge on any atom is -0.302 e. The highest BCUT2D eigenvalue weighted by Gasteiger charge is 2.09. The van der Waals surface area contributed by atoms with Gasteiger partial charge in [-0.05, 0) is 24.3 Å². The number of carbonyl (C=O) groups is 1. The molecule has 0 saturated carbocycles. The number of pyridine rings is 2. The van der Waals surface area contributed by atoms with Gasteiger partial charge in [0.25, 0.3) is 5.56 Å². The fraction of sp³-hybridized carbons (Fsp3) is 0. The van der Waals surface area contributed by atoms with Crippen LogP contribution in [-0.4, -0.2) is 20.4 Å². The molecular weight excluding hydrogens is 306 g/mol. The Kier molecular flexibility index (Phi) is 3.71.